The van der Waals surface area contributed by atoms with E-state index >= 15 is 0 Å². The molecule has 0 saturated heterocycles. The van der Waals surface area contributed by atoms with E-state index in [4.69, 9.17) is 5.73 Å². The molecule has 3 amide bonds. The molecule has 0 aliphatic rings. The predicted molar refractivity (Wildman–Crippen MR) is 120 cm³/mol. The lowest BCUT2D eigenvalue weighted by Gasteiger charge is -2.14. The number of amides is 3. The van der Waals surface area contributed by atoms with Crippen molar-refractivity contribution in [3.63, 3.8) is 0 Å². The summed E-state index contributed by atoms with van der Waals surface area (Å²) in [5, 5.41) is 5.02. The fraction of sp³-hybridized carbons (Fsp3) is 0.0870. The number of nitrogens with two attached hydrogens (primary N) is 1. The number of primary amides is 1. The van der Waals surface area contributed by atoms with Crippen molar-refractivity contribution in [1.29, 1.82) is 0 Å². The maximum atomic E-state index is 13.0. The summed E-state index contributed by atoms with van der Waals surface area (Å²) < 4.78 is 13.0. The number of carbonyl (C=O) groups is 3. The molecule has 0 radical (unpaired) electrons. The third-order valence-corrected chi connectivity index (χ3v) is 5.46. The maximum Gasteiger partial charge on any atom is 0.255 e. The van der Waals surface area contributed by atoms with E-state index in [-0.39, 0.29) is 17.4 Å². The van der Waals surface area contributed by atoms with Gasteiger partial charge in [-0.2, -0.15) is 0 Å². The Balaban J connectivity index is 1.59. The molecule has 0 saturated carbocycles. The fourth-order valence-corrected chi connectivity index (χ4v) is 3.59. The Hall–Kier alpha value is -3.65. The summed E-state index contributed by atoms with van der Waals surface area (Å²) in [4.78, 5) is 37.0. The summed E-state index contributed by atoms with van der Waals surface area (Å²) in [5.41, 5.74) is 6.88. The van der Waals surface area contributed by atoms with E-state index in [2.05, 4.69) is 10.6 Å². The largest absolute Gasteiger partial charge is 0.366 e. The minimum absolute atomic E-state index is 0.245. The quantitative estimate of drug-likeness (QED) is 0.480. The van der Waals surface area contributed by atoms with Crippen LogP contribution >= 0.6 is 11.8 Å². The highest BCUT2D eigenvalue weighted by atomic mass is 32.2. The number of anilines is 2. The van der Waals surface area contributed by atoms with Gasteiger partial charge in [-0.1, -0.05) is 12.1 Å². The second-order valence-corrected chi connectivity index (χ2v) is 8.06. The number of thioether (sulfide) groups is 1. The average molecular weight is 437 g/mol. The Morgan fingerprint density at radius 3 is 2.19 bits per heavy atom. The van der Waals surface area contributed by atoms with Gasteiger partial charge in [-0.05, 0) is 67.6 Å². The summed E-state index contributed by atoms with van der Waals surface area (Å²) in [6.45, 7) is 1.75. The van der Waals surface area contributed by atoms with Gasteiger partial charge in [0.15, 0.2) is 0 Å². The standard InChI is InChI=1S/C23H20FN3O3S/c1-14(22(29)27-20-5-3-2-4-19(20)21(25)28)31-18-12-10-17(11-13-18)26-23(30)15-6-8-16(24)9-7-15/h2-14H,1H3,(H2,25,28)(H,26,30)(H,27,29). The molecule has 0 fully saturated rings. The molecule has 0 bridgehead atoms. The van der Waals surface area contributed by atoms with Crippen molar-refractivity contribution in [2.75, 3.05) is 10.6 Å². The zero-order valence-electron chi connectivity index (χ0n) is 16.6. The van der Waals surface area contributed by atoms with Crippen LogP contribution in [0, 0.1) is 5.82 Å². The van der Waals surface area contributed by atoms with Crippen LogP contribution in [0.2, 0.25) is 0 Å². The van der Waals surface area contributed by atoms with Crippen LogP contribution in [0.3, 0.4) is 0 Å². The van der Waals surface area contributed by atoms with Gasteiger partial charge in [0.25, 0.3) is 11.8 Å². The zero-order chi connectivity index (χ0) is 22.4. The number of carbonyl (C=O) groups excluding carboxylic acids is 3. The molecule has 4 N–H and O–H groups in total. The van der Waals surface area contributed by atoms with E-state index in [1.165, 1.54) is 36.0 Å². The van der Waals surface area contributed by atoms with Crippen molar-refractivity contribution in [2.24, 2.45) is 5.73 Å². The highest BCUT2D eigenvalue weighted by Gasteiger charge is 2.17. The van der Waals surface area contributed by atoms with Crippen LogP contribution in [0.25, 0.3) is 0 Å². The van der Waals surface area contributed by atoms with Crippen molar-refractivity contribution < 1.29 is 18.8 Å². The third-order valence-electron chi connectivity index (χ3n) is 4.35. The van der Waals surface area contributed by atoms with Crippen molar-refractivity contribution in [2.45, 2.75) is 17.1 Å². The van der Waals surface area contributed by atoms with Gasteiger partial charge in [0, 0.05) is 16.1 Å². The van der Waals surface area contributed by atoms with E-state index < -0.39 is 17.0 Å². The van der Waals surface area contributed by atoms with Gasteiger partial charge in [-0.25, -0.2) is 4.39 Å². The summed E-state index contributed by atoms with van der Waals surface area (Å²) in [6, 6.07) is 18.8. The second-order valence-electron chi connectivity index (χ2n) is 6.64. The molecule has 3 aromatic rings. The molecule has 0 aliphatic carbocycles. The van der Waals surface area contributed by atoms with E-state index in [0.29, 0.717) is 16.9 Å². The van der Waals surface area contributed by atoms with E-state index in [0.717, 1.165) is 4.90 Å². The van der Waals surface area contributed by atoms with E-state index in [1.807, 2.05) is 0 Å². The first-order valence-corrected chi connectivity index (χ1v) is 10.2. The number of hydrogen-bond donors (Lipinski definition) is 3. The van der Waals surface area contributed by atoms with Crippen LogP contribution in [0.5, 0.6) is 0 Å². The Kier molecular flexibility index (Phi) is 7.04. The van der Waals surface area contributed by atoms with Crippen molar-refractivity contribution in [3.05, 3.63) is 89.7 Å². The first-order valence-electron chi connectivity index (χ1n) is 9.37. The topological polar surface area (TPSA) is 101 Å². The summed E-state index contributed by atoms with van der Waals surface area (Å²) in [5.74, 6) is -1.64. The maximum absolute atomic E-state index is 13.0. The zero-order valence-corrected chi connectivity index (χ0v) is 17.4. The van der Waals surface area contributed by atoms with Crippen molar-refractivity contribution in [3.8, 4) is 0 Å². The number of nitrogens with one attached hydrogen (secondary N) is 2. The fourth-order valence-electron chi connectivity index (χ4n) is 2.72. The summed E-state index contributed by atoms with van der Waals surface area (Å²) >= 11 is 1.33. The Morgan fingerprint density at radius 1 is 0.903 bits per heavy atom. The first-order chi connectivity index (χ1) is 14.8. The van der Waals surface area contributed by atoms with Crippen LogP contribution in [0.4, 0.5) is 15.8 Å². The molecule has 1 atom stereocenters. The molecular weight excluding hydrogens is 417 g/mol. The summed E-state index contributed by atoms with van der Waals surface area (Å²) in [6.07, 6.45) is 0. The molecule has 3 aromatic carbocycles. The summed E-state index contributed by atoms with van der Waals surface area (Å²) in [7, 11) is 0. The van der Waals surface area contributed by atoms with Gasteiger partial charge in [-0.15, -0.1) is 11.8 Å². The van der Waals surface area contributed by atoms with Gasteiger partial charge in [-0.3, -0.25) is 14.4 Å². The highest BCUT2D eigenvalue weighted by molar-refractivity contribution is 8.00. The molecule has 0 heterocycles. The first kappa shape index (κ1) is 22.0. The normalized spacial score (nSPS) is 11.4. The molecule has 1 unspecified atom stereocenters. The SMILES string of the molecule is CC(Sc1ccc(NC(=O)c2ccc(F)cc2)cc1)C(=O)Nc1ccccc1C(N)=O. The number of benzene rings is 3. The smallest absolute Gasteiger partial charge is 0.255 e. The van der Waals surface area contributed by atoms with Gasteiger partial charge in [0.1, 0.15) is 5.82 Å². The Morgan fingerprint density at radius 2 is 1.55 bits per heavy atom. The van der Waals surface area contributed by atoms with Gasteiger partial charge in [0.2, 0.25) is 5.91 Å². The third kappa shape index (κ3) is 5.93. The molecule has 0 spiro atoms. The lowest BCUT2D eigenvalue weighted by Crippen LogP contribution is -2.24. The van der Waals surface area contributed by atoms with Gasteiger partial charge >= 0.3 is 0 Å². The second kappa shape index (κ2) is 9.90. The Bertz CT molecular complexity index is 1100. The lowest BCUT2D eigenvalue weighted by atomic mass is 10.1. The highest BCUT2D eigenvalue weighted by Crippen LogP contribution is 2.26. The minimum atomic E-state index is -0.616. The van der Waals surface area contributed by atoms with E-state index in [9.17, 15) is 18.8 Å². The predicted octanol–water partition coefficient (Wildman–Crippen LogP) is 4.30. The molecule has 0 aliphatic heterocycles. The molecular formula is C23H20FN3O3S. The van der Waals surface area contributed by atoms with Crippen LogP contribution in [-0.2, 0) is 4.79 Å². The number of halogens is 1. The van der Waals surface area contributed by atoms with Crippen LogP contribution < -0.4 is 16.4 Å². The van der Waals surface area contributed by atoms with Gasteiger partial charge in [0.05, 0.1) is 16.5 Å². The monoisotopic (exact) mass is 437 g/mol. The molecule has 31 heavy (non-hydrogen) atoms. The van der Waals surface area contributed by atoms with Crippen molar-refractivity contribution in [1.82, 2.24) is 0 Å². The van der Waals surface area contributed by atoms with Crippen LogP contribution in [-0.4, -0.2) is 23.0 Å². The van der Waals surface area contributed by atoms with Crippen LogP contribution in [0.1, 0.15) is 27.6 Å². The number of para-hydroxylation sites is 1. The lowest BCUT2D eigenvalue weighted by molar-refractivity contribution is -0.115. The molecule has 158 valence electrons. The number of rotatable bonds is 7. The van der Waals surface area contributed by atoms with Gasteiger partial charge < -0.3 is 16.4 Å². The average Bonchev–Trinajstić information content (AvgIpc) is 2.75. The molecule has 6 nitrogen and oxygen atoms in total. The number of hydrogen-bond acceptors (Lipinski definition) is 4. The molecule has 8 heteroatoms. The minimum Gasteiger partial charge on any atom is -0.366 e. The molecule has 3 rings (SSSR count). The Labute approximate surface area is 183 Å². The van der Waals surface area contributed by atoms with Crippen LogP contribution in [0.15, 0.2) is 77.7 Å². The van der Waals surface area contributed by atoms with E-state index in [1.54, 1.807) is 55.5 Å². The molecule has 0 aromatic heterocycles. The van der Waals surface area contributed by atoms with Crippen molar-refractivity contribution >= 4 is 40.9 Å².